The minimum absolute atomic E-state index is 0.0869. The molecule has 0 saturated carbocycles. The molecule has 1 aromatic heterocycles. The van der Waals surface area contributed by atoms with Crippen LogP contribution in [0.5, 0.6) is 5.75 Å². The zero-order valence-electron chi connectivity index (χ0n) is 22.3. The van der Waals surface area contributed by atoms with Gasteiger partial charge in [-0.3, -0.25) is 9.59 Å². The summed E-state index contributed by atoms with van der Waals surface area (Å²) in [5.74, 6) is -0.892. The molecule has 6 heteroatoms. The van der Waals surface area contributed by atoms with Crippen molar-refractivity contribution in [3.63, 3.8) is 0 Å². The van der Waals surface area contributed by atoms with Crippen molar-refractivity contribution in [2.24, 2.45) is 0 Å². The molecular weight excluding hydrogens is 476 g/mol. The first-order valence-corrected chi connectivity index (χ1v) is 12.7. The van der Waals surface area contributed by atoms with Crippen molar-refractivity contribution in [1.82, 2.24) is 9.88 Å². The van der Waals surface area contributed by atoms with Crippen LogP contribution in [0.3, 0.4) is 0 Å². The summed E-state index contributed by atoms with van der Waals surface area (Å²) in [5, 5.41) is 12.6. The Kier molecular flexibility index (Phi) is 6.35. The van der Waals surface area contributed by atoms with Crippen LogP contribution >= 0.6 is 0 Å². The average molecular weight is 509 g/mol. The predicted molar refractivity (Wildman–Crippen MR) is 149 cm³/mol. The van der Waals surface area contributed by atoms with Crippen LogP contribution in [0.15, 0.2) is 78.5 Å². The highest BCUT2D eigenvalue weighted by atomic mass is 16.5. The van der Waals surface area contributed by atoms with Gasteiger partial charge in [-0.05, 0) is 41.7 Å². The van der Waals surface area contributed by atoms with Crippen LogP contribution in [-0.2, 0) is 21.5 Å². The van der Waals surface area contributed by atoms with Crippen LogP contribution in [0.25, 0.3) is 16.7 Å². The number of aromatic amines is 1. The molecule has 0 radical (unpaired) electrons. The van der Waals surface area contributed by atoms with E-state index in [1.54, 1.807) is 7.11 Å². The van der Waals surface area contributed by atoms with Crippen molar-refractivity contribution < 1.29 is 19.4 Å². The Morgan fingerprint density at radius 2 is 1.74 bits per heavy atom. The number of aromatic nitrogens is 1. The zero-order chi connectivity index (χ0) is 27.2. The van der Waals surface area contributed by atoms with Crippen LogP contribution in [-0.4, -0.2) is 33.8 Å². The summed E-state index contributed by atoms with van der Waals surface area (Å²) >= 11 is 0. The van der Waals surface area contributed by atoms with E-state index in [1.165, 1.54) is 4.90 Å². The maximum Gasteiger partial charge on any atom is 0.295 e. The third-order valence-corrected chi connectivity index (χ3v) is 7.35. The molecule has 0 aliphatic carbocycles. The van der Waals surface area contributed by atoms with Crippen molar-refractivity contribution in [2.75, 3.05) is 7.11 Å². The first-order chi connectivity index (χ1) is 18.1. The predicted octanol–water partition coefficient (Wildman–Crippen LogP) is 6.40. The van der Waals surface area contributed by atoms with Crippen molar-refractivity contribution in [3.05, 3.63) is 106 Å². The minimum atomic E-state index is -0.784. The number of H-pyrrole nitrogens is 1. The lowest BCUT2D eigenvalue weighted by atomic mass is 9.84. The number of carbonyl (C=O) groups is 2. The summed E-state index contributed by atoms with van der Waals surface area (Å²) in [6.07, 6.45) is 1.82. The fraction of sp³-hybridized carbons (Fsp3) is 0.250. The van der Waals surface area contributed by atoms with Crippen LogP contribution in [0.4, 0.5) is 0 Å². The van der Waals surface area contributed by atoms with Gasteiger partial charge in [0.15, 0.2) is 0 Å². The summed E-state index contributed by atoms with van der Waals surface area (Å²) in [7, 11) is 1.58. The number of amides is 1. The molecule has 4 aromatic rings. The van der Waals surface area contributed by atoms with Crippen LogP contribution in [0, 0.1) is 6.92 Å². The van der Waals surface area contributed by atoms with Gasteiger partial charge in [0, 0.05) is 33.8 Å². The van der Waals surface area contributed by atoms with Gasteiger partial charge in [-0.2, -0.15) is 0 Å². The molecule has 0 bridgehead atoms. The number of rotatable bonds is 5. The largest absolute Gasteiger partial charge is 0.507 e. The lowest BCUT2D eigenvalue weighted by molar-refractivity contribution is -0.140. The van der Waals surface area contributed by atoms with E-state index in [1.807, 2.05) is 79.9 Å². The quantitative estimate of drug-likeness (QED) is 0.186. The van der Waals surface area contributed by atoms with Gasteiger partial charge in [-0.1, -0.05) is 69.3 Å². The lowest BCUT2D eigenvalue weighted by Gasteiger charge is -2.26. The molecule has 38 heavy (non-hydrogen) atoms. The number of ketones is 1. The summed E-state index contributed by atoms with van der Waals surface area (Å²) in [6, 6.07) is 20.3. The molecule has 3 aromatic carbocycles. The fourth-order valence-electron chi connectivity index (χ4n) is 5.19. The number of hydrogen-bond donors (Lipinski definition) is 2. The van der Waals surface area contributed by atoms with E-state index in [-0.39, 0.29) is 23.3 Å². The third-order valence-electron chi connectivity index (χ3n) is 7.35. The topological polar surface area (TPSA) is 82.6 Å². The molecular formula is C32H32N2O4. The lowest BCUT2D eigenvalue weighted by Crippen LogP contribution is -2.29. The second-order valence-electron chi connectivity index (χ2n) is 10.8. The molecule has 194 valence electrons. The summed E-state index contributed by atoms with van der Waals surface area (Å²) < 4.78 is 5.53. The monoisotopic (exact) mass is 508 g/mol. The number of aryl methyl sites for hydroxylation is 1. The van der Waals surface area contributed by atoms with Gasteiger partial charge >= 0.3 is 0 Å². The first kappa shape index (κ1) is 25.3. The Hall–Kier alpha value is -4.32. The summed E-state index contributed by atoms with van der Waals surface area (Å²) in [6.45, 7) is 8.34. The highest BCUT2D eigenvalue weighted by molar-refractivity contribution is 6.46. The number of para-hydroxylation sites is 2. The van der Waals surface area contributed by atoms with E-state index in [9.17, 15) is 14.7 Å². The first-order valence-electron chi connectivity index (χ1n) is 12.7. The molecule has 1 saturated heterocycles. The van der Waals surface area contributed by atoms with Crippen molar-refractivity contribution >= 4 is 28.4 Å². The number of aliphatic hydroxyl groups excluding tert-OH is 1. The molecule has 1 aliphatic rings. The Balaban J connectivity index is 1.74. The summed E-state index contributed by atoms with van der Waals surface area (Å²) in [5.41, 5.74) is 4.74. The van der Waals surface area contributed by atoms with Crippen LogP contribution < -0.4 is 4.74 Å². The molecule has 5 rings (SSSR count). The Bertz CT molecular complexity index is 1590. The molecule has 1 aliphatic heterocycles. The van der Waals surface area contributed by atoms with E-state index in [4.69, 9.17) is 4.74 Å². The van der Waals surface area contributed by atoms with Gasteiger partial charge in [0.1, 0.15) is 11.5 Å². The Morgan fingerprint density at radius 3 is 2.47 bits per heavy atom. The number of hydrogen-bond acceptors (Lipinski definition) is 4. The Morgan fingerprint density at radius 1 is 1.03 bits per heavy atom. The van der Waals surface area contributed by atoms with E-state index in [2.05, 4.69) is 25.8 Å². The number of benzene rings is 3. The number of nitrogens with one attached hydrogen (secondary N) is 1. The van der Waals surface area contributed by atoms with Crippen molar-refractivity contribution in [2.45, 2.75) is 45.7 Å². The van der Waals surface area contributed by atoms with Gasteiger partial charge in [0.25, 0.3) is 11.7 Å². The van der Waals surface area contributed by atoms with E-state index < -0.39 is 17.7 Å². The van der Waals surface area contributed by atoms with Crippen molar-refractivity contribution in [1.29, 1.82) is 0 Å². The Labute approximate surface area is 222 Å². The highest BCUT2D eigenvalue weighted by Gasteiger charge is 2.47. The second kappa shape index (κ2) is 9.53. The number of likely N-dealkylation sites (tertiary alicyclic amines) is 1. The number of fused-ring (bicyclic) bond motifs is 1. The minimum Gasteiger partial charge on any atom is -0.507 e. The smallest absolute Gasteiger partial charge is 0.295 e. The number of nitrogens with zero attached hydrogens (tertiary/aromatic N) is 1. The third kappa shape index (κ3) is 4.26. The van der Waals surface area contributed by atoms with Crippen molar-refractivity contribution in [3.8, 4) is 5.75 Å². The molecule has 2 N–H and O–H groups in total. The van der Waals surface area contributed by atoms with Crippen LogP contribution in [0.1, 0.15) is 54.6 Å². The molecule has 6 nitrogen and oxygen atoms in total. The van der Waals surface area contributed by atoms with E-state index in [0.29, 0.717) is 11.3 Å². The van der Waals surface area contributed by atoms with E-state index >= 15 is 0 Å². The van der Waals surface area contributed by atoms with Gasteiger partial charge in [-0.15, -0.1) is 0 Å². The molecule has 2 heterocycles. The molecule has 1 amide bonds. The average Bonchev–Trinajstić information content (AvgIpc) is 3.42. The molecule has 1 unspecified atom stereocenters. The summed E-state index contributed by atoms with van der Waals surface area (Å²) in [4.78, 5) is 32.0. The van der Waals surface area contributed by atoms with Crippen LogP contribution in [0.2, 0.25) is 0 Å². The maximum absolute atomic E-state index is 13.7. The van der Waals surface area contributed by atoms with Gasteiger partial charge in [-0.25, -0.2) is 0 Å². The standard InChI is InChI=1S/C32H32N2O4/c1-19-14-15-21(32(2,3)4)16-23(19)29(35)27-28(24-17-33-25-12-8-7-11-22(24)25)34(31(37)30(27)36)18-20-10-6-9-13-26(20)38-5/h6-17,28,33,35H,18H2,1-5H3/b29-27+. The zero-order valence-corrected chi connectivity index (χ0v) is 22.3. The van der Waals surface area contributed by atoms with E-state index in [0.717, 1.165) is 33.2 Å². The molecule has 1 fully saturated rings. The number of aliphatic hydroxyl groups is 1. The van der Waals surface area contributed by atoms with Gasteiger partial charge in [0.05, 0.1) is 25.3 Å². The highest BCUT2D eigenvalue weighted by Crippen LogP contribution is 2.44. The number of ether oxygens (including phenoxy) is 1. The second-order valence-corrected chi connectivity index (χ2v) is 10.8. The maximum atomic E-state index is 13.7. The van der Waals surface area contributed by atoms with Gasteiger partial charge in [0.2, 0.25) is 0 Å². The molecule has 1 atom stereocenters. The number of Topliss-reactive ketones (excluding diaryl/α,β-unsaturated/α-hetero) is 1. The number of carbonyl (C=O) groups excluding carboxylic acids is 2. The fourth-order valence-corrected chi connectivity index (χ4v) is 5.19. The normalized spacial score (nSPS) is 17.4. The molecule has 0 spiro atoms. The number of methoxy groups -OCH3 is 1. The van der Waals surface area contributed by atoms with Gasteiger partial charge < -0.3 is 19.7 Å². The SMILES string of the molecule is COc1ccccc1CN1C(=O)C(=O)/C(=C(/O)c2cc(C(C)(C)C)ccc2C)C1c1c[nH]c2ccccc12.